The number of nitrogens with zero attached hydrogens (tertiary/aromatic N) is 3. The Morgan fingerprint density at radius 2 is 1.87 bits per heavy atom. The van der Waals surface area contributed by atoms with E-state index in [1.165, 1.54) is 41.7 Å². The second kappa shape index (κ2) is 8.75. The molecule has 2 heterocycles. The second-order valence-corrected chi connectivity index (χ2v) is 10.9. The fourth-order valence-electron chi connectivity index (χ4n) is 3.44. The summed E-state index contributed by atoms with van der Waals surface area (Å²) in [7, 11) is -4.04. The molecule has 0 spiro atoms. The molecular weight excluding hydrogens is 456 g/mol. The highest BCUT2D eigenvalue weighted by Crippen LogP contribution is 2.42. The number of thiazole rings is 2. The third-order valence-electron chi connectivity index (χ3n) is 5.02. The molecule has 0 aliphatic heterocycles. The van der Waals surface area contributed by atoms with E-state index in [1.54, 1.807) is 17.0 Å². The molecule has 0 bridgehead atoms. The van der Waals surface area contributed by atoms with E-state index in [0.29, 0.717) is 16.4 Å². The molecule has 2 aromatic heterocycles. The number of carbonyl (C=O) groups is 1. The molecule has 2 N–H and O–H groups in total. The summed E-state index contributed by atoms with van der Waals surface area (Å²) < 4.78 is 28.0. The number of nitrogens with two attached hydrogens (primary N) is 1. The van der Waals surface area contributed by atoms with E-state index in [-0.39, 0.29) is 10.8 Å². The lowest BCUT2D eigenvalue weighted by Crippen LogP contribution is -2.48. The molecule has 0 saturated heterocycles. The van der Waals surface area contributed by atoms with Crippen LogP contribution in [0, 0.1) is 13.8 Å². The first-order chi connectivity index (χ1) is 14.5. The average molecular weight is 481 g/mol. The highest BCUT2D eigenvalue weighted by atomic mass is 32.2. The number of rotatable bonds is 7. The van der Waals surface area contributed by atoms with Crippen LogP contribution in [-0.2, 0) is 31.2 Å². The molecule has 0 aliphatic carbocycles. The molecule has 1 amide bonds. The van der Waals surface area contributed by atoms with Gasteiger partial charge in [-0.05, 0) is 44.9 Å². The van der Waals surface area contributed by atoms with Crippen LogP contribution in [0.5, 0.6) is 0 Å². The van der Waals surface area contributed by atoms with Gasteiger partial charge in [0.05, 0.1) is 15.6 Å². The van der Waals surface area contributed by atoms with Gasteiger partial charge in [-0.3, -0.25) is 9.69 Å². The summed E-state index contributed by atoms with van der Waals surface area (Å²) >= 11 is 2.96. The minimum Gasteiger partial charge on any atom is -0.279 e. The number of aryl methyl sites for hydroxylation is 3. The van der Waals surface area contributed by atoms with Crippen LogP contribution >= 0.6 is 22.7 Å². The highest BCUT2D eigenvalue weighted by molar-refractivity contribution is 7.86. The Morgan fingerprint density at radius 1 is 1.23 bits per heavy atom. The molecule has 3 rings (SSSR count). The Labute approximate surface area is 189 Å². The molecule has 3 aromatic rings. The number of aromatic nitrogens is 2. The van der Waals surface area contributed by atoms with Gasteiger partial charge in [0.25, 0.3) is 0 Å². The molecule has 166 valence electrons. The van der Waals surface area contributed by atoms with Gasteiger partial charge >= 0.3 is 10.1 Å². The molecule has 1 aromatic carbocycles. The zero-order chi connectivity index (χ0) is 23.0. The molecule has 0 saturated carbocycles. The van der Waals surface area contributed by atoms with E-state index in [2.05, 4.69) is 9.27 Å². The lowest BCUT2D eigenvalue weighted by molar-refractivity contribution is -0.117. The minimum absolute atomic E-state index is 0.0791. The van der Waals surface area contributed by atoms with Gasteiger partial charge in [0.1, 0.15) is 10.5 Å². The molecule has 11 heteroatoms. The van der Waals surface area contributed by atoms with Gasteiger partial charge in [0.2, 0.25) is 5.91 Å². The molecule has 1 atom stereocenters. The normalized spacial score (nSPS) is 13.7. The molecular formula is C20H24N4O4S3. The largest absolute Gasteiger partial charge is 0.312 e. The van der Waals surface area contributed by atoms with Crippen LogP contribution in [0.2, 0.25) is 0 Å². The van der Waals surface area contributed by atoms with Crippen LogP contribution in [0.4, 0.5) is 5.82 Å². The number of benzene rings is 1. The number of hydrogen-bond acceptors (Lipinski definition) is 9. The Balaban J connectivity index is 2.27. The standard InChI is InChI=1S/C20H24N4O4S3/c1-6-16-11-29-19(23-16)20(5,15-7-9-17(10-8-15)31(26,27)28-21)24(14(4)25)18-12(2)30-13(3)22-18/h7-11H,6,21H2,1-5H3/t20-/m0/s1. The Kier molecular flexibility index (Phi) is 6.63. The zero-order valence-electron chi connectivity index (χ0n) is 17.9. The SMILES string of the molecule is CCc1csc([C@](C)(c2ccc(S(=O)(=O)ON)cc2)N(C(C)=O)c2nc(C)sc2C)n1. The van der Waals surface area contributed by atoms with E-state index in [0.717, 1.165) is 22.0 Å². The lowest BCUT2D eigenvalue weighted by Gasteiger charge is -2.39. The van der Waals surface area contributed by atoms with Crippen LogP contribution in [-0.4, -0.2) is 24.3 Å². The van der Waals surface area contributed by atoms with Crippen molar-refractivity contribution in [3.05, 3.63) is 55.8 Å². The van der Waals surface area contributed by atoms with Crippen LogP contribution in [0.15, 0.2) is 34.5 Å². The van der Waals surface area contributed by atoms with Gasteiger partial charge in [-0.1, -0.05) is 19.1 Å². The summed E-state index contributed by atoms with van der Waals surface area (Å²) in [6.07, 6.45) is 0.756. The lowest BCUT2D eigenvalue weighted by atomic mass is 9.90. The average Bonchev–Trinajstić information content (AvgIpc) is 3.34. The first-order valence-electron chi connectivity index (χ1n) is 9.48. The van der Waals surface area contributed by atoms with Crippen molar-refractivity contribution in [2.45, 2.75) is 51.5 Å². The van der Waals surface area contributed by atoms with Crippen molar-refractivity contribution in [1.29, 1.82) is 0 Å². The topological polar surface area (TPSA) is 115 Å². The van der Waals surface area contributed by atoms with E-state index in [1.807, 2.05) is 33.1 Å². The predicted octanol–water partition coefficient (Wildman–Crippen LogP) is 3.67. The number of carbonyl (C=O) groups excluding carboxylic acids is 1. The van der Waals surface area contributed by atoms with Gasteiger partial charge in [-0.2, -0.15) is 18.6 Å². The van der Waals surface area contributed by atoms with Crippen molar-refractivity contribution in [2.24, 2.45) is 5.90 Å². The number of anilines is 1. The maximum absolute atomic E-state index is 13.0. The van der Waals surface area contributed by atoms with Crippen molar-refractivity contribution >= 4 is 44.5 Å². The van der Waals surface area contributed by atoms with E-state index < -0.39 is 15.7 Å². The second-order valence-electron chi connectivity index (χ2n) is 7.11. The number of hydrogen-bond donors (Lipinski definition) is 1. The summed E-state index contributed by atoms with van der Waals surface area (Å²) in [5, 5.41) is 3.51. The highest BCUT2D eigenvalue weighted by Gasteiger charge is 2.43. The summed E-state index contributed by atoms with van der Waals surface area (Å²) in [4.78, 5) is 24.8. The van der Waals surface area contributed by atoms with Crippen LogP contribution in [0.3, 0.4) is 0 Å². The maximum atomic E-state index is 13.0. The summed E-state index contributed by atoms with van der Waals surface area (Å²) in [6.45, 7) is 9.21. The Hall–Kier alpha value is -2.18. The van der Waals surface area contributed by atoms with Crippen molar-refractivity contribution < 1.29 is 17.5 Å². The van der Waals surface area contributed by atoms with Crippen LogP contribution in [0.1, 0.15) is 46.9 Å². The summed E-state index contributed by atoms with van der Waals surface area (Å²) in [5.41, 5.74) is 0.582. The Morgan fingerprint density at radius 3 is 2.32 bits per heavy atom. The van der Waals surface area contributed by atoms with E-state index >= 15 is 0 Å². The quantitative estimate of drug-likeness (QED) is 0.513. The first kappa shape index (κ1) is 23.5. The third-order valence-corrected chi connectivity index (χ3v) is 8.10. The first-order valence-corrected chi connectivity index (χ1v) is 12.6. The fraction of sp³-hybridized carbons (Fsp3) is 0.350. The third kappa shape index (κ3) is 4.28. The molecule has 0 unspecified atom stereocenters. The van der Waals surface area contributed by atoms with Crippen molar-refractivity contribution in [3.63, 3.8) is 0 Å². The summed E-state index contributed by atoms with van der Waals surface area (Å²) in [5.74, 6) is 5.26. The van der Waals surface area contributed by atoms with E-state index in [4.69, 9.17) is 10.9 Å². The summed E-state index contributed by atoms with van der Waals surface area (Å²) in [6, 6.07) is 6.09. The van der Waals surface area contributed by atoms with Gasteiger partial charge < -0.3 is 0 Å². The van der Waals surface area contributed by atoms with Crippen molar-refractivity contribution in [2.75, 3.05) is 4.90 Å². The predicted molar refractivity (Wildman–Crippen MR) is 122 cm³/mol. The van der Waals surface area contributed by atoms with Crippen LogP contribution in [0.25, 0.3) is 0 Å². The van der Waals surface area contributed by atoms with Crippen molar-refractivity contribution in [3.8, 4) is 0 Å². The van der Waals surface area contributed by atoms with Gasteiger partial charge in [-0.25, -0.2) is 9.97 Å². The minimum atomic E-state index is -4.04. The molecule has 8 nitrogen and oxygen atoms in total. The van der Waals surface area contributed by atoms with Crippen LogP contribution < -0.4 is 10.8 Å². The fourth-order valence-corrected chi connectivity index (χ4v) is 5.90. The molecule has 0 fully saturated rings. The Bertz CT molecular complexity index is 1200. The zero-order valence-corrected chi connectivity index (χ0v) is 20.3. The van der Waals surface area contributed by atoms with Gasteiger partial charge in [-0.15, -0.1) is 22.7 Å². The smallest absolute Gasteiger partial charge is 0.279 e. The molecule has 0 radical (unpaired) electrons. The molecule has 0 aliphatic rings. The van der Waals surface area contributed by atoms with Gasteiger partial charge in [0.15, 0.2) is 5.82 Å². The maximum Gasteiger partial charge on any atom is 0.312 e. The molecule has 31 heavy (non-hydrogen) atoms. The van der Waals surface area contributed by atoms with Crippen molar-refractivity contribution in [1.82, 2.24) is 9.97 Å². The van der Waals surface area contributed by atoms with Gasteiger partial charge in [0, 0.05) is 17.2 Å². The monoisotopic (exact) mass is 480 g/mol. The van der Waals surface area contributed by atoms with E-state index in [9.17, 15) is 13.2 Å². The number of amides is 1.